The molecule has 0 aromatic rings. The van der Waals surface area contributed by atoms with Crippen LogP contribution in [-0.4, -0.2) is 33.2 Å². The van der Waals surface area contributed by atoms with Crippen LogP contribution in [0.25, 0.3) is 0 Å². The maximum absolute atomic E-state index is 10.5. The van der Waals surface area contributed by atoms with Crippen LogP contribution < -0.4 is 0 Å². The van der Waals surface area contributed by atoms with Crippen LogP contribution in [-0.2, 0) is 36.8 Å². The molecule has 0 saturated heterocycles. The van der Waals surface area contributed by atoms with Crippen LogP contribution in [0.4, 0.5) is 0 Å². The van der Waals surface area contributed by atoms with Gasteiger partial charge < -0.3 is 15.3 Å². The topological polar surface area (TPSA) is 112 Å². The number of carbonyl (C=O) groups is 3. The van der Waals surface area contributed by atoms with Crippen molar-refractivity contribution in [2.75, 3.05) is 0 Å². The van der Waals surface area contributed by atoms with E-state index in [1.54, 1.807) is 0 Å². The number of aliphatic carboxylic acids is 3. The van der Waals surface area contributed by atoms with Crippen LogP contribution in [0.3, 0.4) is 0 Å². The second kappa shape index (κ2) is 8.46. The van der Waals surface area contributed by atoms with E-state index in [9.17, 15) is 14.4 Å². The summed E-state index contributed by atoms with van der Waals surface area (Å²) in [5.41, 5.74) is 0. The third-order valence-electron chi connectivity index (χ3n) is 1.76. The Morgan fingerprint density at radius 3 is 1.40 bits per heavy atom. The van der Waals surface area contributed by atoms with E-state index >= 15 is 0 Å². The summed E-state index contributed by atoms with van der Waals surface area (Å²) in [7, 11) is 0. The molecule has 0 atom stereocenters. The summed E-state index contributed by atoms with van der Waals surface area (Å²) in [4.78, 5) is 30.8. The Labute approximate surface area is 102 Å². The van der Waals surface area contributed by atoms with E-state index in [1.165, 1.54) is 0 Å². The van der Waals surface area contributed by atoms with Gasteiger partial charge in [0, 0.05) is 35.2 Å². The van der Waals surface area contributed by atoms with Gasteiger partial charge in [-0.1, -0.05) is 0 Å². The average Bonchev–Trinajstić information content (AvgIpc) is 2.02. The fraction of sp³-hybridized carbons (Fsp3) is 0.625. The van der Waals surface area contributed by atoms with Gasteiger partial charge in [0.15, 0.2) is 0 Å². The number of rotatable bonds is 7. The van der Waals surface area contributed by atoms with Crippen LogP contribution in [0, 0.1) is 5.92 Å². The number of carboxylic acids is 3. The molecular formula is C8H12AgO6. The van der Waals surface area contributed by atoms with Crippen molar-refractivity contribution < 1.29 is 52.1 Å². The Morgan fingerprint density at radius 2 is 1.20 bits per heavy atom. The van der Waals surface area contributed by atoms with Crippen LogP contribution in [0.1, 0.15) is 25.7 Å². The van der Waals surface area contributed by atoms with Crippen molar-refractivity contribution in [3.05, 3.63) is 0 Å². The Hall–Kier alpha value is -0.850. The smallest absolute Gasteiger partial charge is 0.306 e. The maximum Gasteiger partial charge on any atom is 0.306 e. The molecular weight excluding hydrogens is 300 g/mol. The van der Waals surface area contributed by atoms with Crippen LogP contribution in [0.2, 0.25) is 0 Å². The summed E-state index contributed by atoms with van der Waals surface area (Å²) >= 11 is 0. The predicted octanol–water partition coefficient (Wildman–Crippen LogP) is 0.414. The zero-order valence-electron chi connectivity index (χ0n) is 7.77. The van der Waals surface area contributed by atoms with Gasteiger partial charge >= 0.3 is 17.9 Å². The van der Waals surface area contributed by atoms with Gasteiger partial charge in [-0.25, -0.2) is 0 Å². The Balaban J connectivity index is 0. The Morgan fingerprint density at radius 1 is 0.867 bits per heavy atom. The largest absolute Gasteiger partial charge is 0.481 e. The Bertz CT molecular complexity index is 221. The molecule has 0 aliphatic heterocycles. The van der Waals surface area contributed by atoms with E-state index in [1.807, 2.05) is 0 Å². The molecule has 0 bridgehead atoms. The van der Waals surface area contributed by atoms with Crippen molar-refractivity contribution >= 4 is 17.9 Å². The minimum Gasteiger partial charge on any atom is -0.481 e. The van der Waals surface area contributed by atoms with Crippen molar-refractivity contribution in [2.45, 2.75) is 25.7 Å². The molecule has 0 aliphatic carbocycles. The molecule has 3 N–H and O–H groups in total. The van der Waals surface area contributed by atoms with Gasteiger partial charge in [-0.05, 0) is 12.8 Å². The summed E-state index contributed by atoms with van der Waals surface area (Å²) < 4.78 is 0. The predicted molar refractivity (Wildman–Crippen MR) is 44.9 cm³/mol. The normalized spacial score (nSPS) is 9.40. The first-order valence-electron chi connectivity index (χ1n) is 4.10. The van der Waals surface area contributed by atoms with E-state index in [4.69, 9.17) is 15.3 Å². The summed E-state index contributed by atoms with van der Waals surface area (Å²) in [6, 6.07) is 0. The van der Waals surface area contributed by atoms with E-state index in [-0.39, 0.29) is 48.1 Å². The fourth-order valence-corrected chi connectivity index (χ4v) is 0.987. The Kier molecular flexibility index (Phi) is 9.35. The van der Waals surface area contributed by atoms with E-state index in [0.29, 0.717) is 0 Å². The van der Waals surface area contributed by atoms with Crippen LogP contribution in [0.15, 0.2) is 0 Å². The van der Waals surface area contributed by atoms with Gasteiger partial charge in [0.2, 0.25) is 0 Å². The zero-order valence-corrected chi connectivity index (χ0v) is 9.26. The van der Waals surface area contributed by atoms with Crippen molar-refractivity contribution in [1.29, 1.82) is 0 Å². The zero-order chi connectivity index (χ0) is 11.1. The van der Waals surface area contributed by atoms with E-state index < -0.39 is 23.8 Å². The second-order valence-electron chi connectivity index (χ2n) is 2.90. The first kappa shape index (κ1) is 16.6. The van der Waals surface area contributed by atoms with Gasteiger partial charge in [0.05, 0.1) is 5.92 Å². The molecule has 0 unspecified atom stereocenters. The third kappa shape index (κ3) is 9.45. The van der Waals surface area contributed by atoms with Crippen molar-refractivity contribution in [3.63, 3.8) is 0 Å². The first-order valence-corrected chi connectivity index (χ1v) is 4.10. The molecule has 0 aromatic heterocycles. The molecule has 7 heteroatoms. The minimum absolute atomic E-state index is 0. The number of hydrogen-bond donors (Lipinski definition) is 3. The molecule has 0 fully saturated rings. The maximum atomic E-state index is 10.5. The van der Waals surface area contributed by atoms with Crippen molar-refractivity contribution in [3.8, 4) is 0 Å². The fourth-order valence-electron chi connectivity index (χ4n) is 0.987. The minimum atomic E-state index is -1.15. The summed E-state index contributed by atoms with van der Waals surface area (Å²) in [6.45, 7) is 0. The van der Waals surface area contributed by atoms with Gasteiger partial charge in [-0.3, -0.25) is 14.4 Å². The summed E-state index contributed by atoms with van der Waals surface area (Å²) in [6.07, 6.45) is -0.566. The summed E-state index contributed by atoms with van der Waals surface area (Å²) in [5, 5.41) is 25.2. The molecule has 0 aliphatic rings. The molecule has 0 saturated carbocycles. The number of hydrogen-bond acceptors (Lipinski definition) is 3. The van der Waals surface area contributed by atoms with Crippen LogP contribution in [0.5, 0.6) is 0 Å². The van der Waals surface area contributed by atoms with Gasteiger partial charge in [0.1, 0.15) is 0 Å². The van der Waals surface area contributed by atoms with Crippen LogP contribution >= 0.6 is 0 Å². The van der Waals surface area contributed by atoms with Gasteiger partial charge in [-0.2, -0.15) is 0 Å². The first-order chi connectivity index (χ1) is 6.43. The standard InChI is InChI=1S/C8H12O6.Ag/c9-6(10)3-1-5(8(13)14)2-4-7(11)12;/h5H,1-4H2,(H,9,10)(H,11,12)(H,13,14);. The van der Waals surface area contributed by atoms with Crippen molar-refractivity contribution in [1.82, 2.24) is 0 Å². The third-order valence-corrected chi connectivity index (χ3v) is 1.76. The van der Waals surface area contributed by atoms with Gasteiger partial charge in [0.25, 0.3) is 0 Å². The average molecular weight is 312 g/mol. The summed E-state index contributed by atoms with van der Waals surface area (Å²) in [5.74, 6) is -4.19. The van der Waals surface area contributed by atoms with Gasteiger partial charge in [-0.15, -0.1) is 0 Å². The second-order valence-corrected chi connectivity index (χ2v) is 2.90. The molecule has 1 radical (unpaired) electrons. The molecule has 0 amide bonds. The molecule has 6 nitrogen and oxygen atoms in total. The van der Waals surface area contributed by atoms with E-state index in [0.717, 1.165) is 0 Å². The van der Waals surface area contributed by atoms with E-state index in [2.05, 4.69) is 0 Å². The molecule has 0 heterocycles. The molecule has 15 heavy (non-hydrogen) atoms. The molecule has 0 rings (SSSR count). The number of carboxylic acid groups (broad SMARTS) is 3. The quantitative estimate of drug-likeness (QED) is 0.587. The molecule has 91 valence electrons. The monoisotopic (exact) mass is 311 g/mol. The molecule has 0 aromatic carbocycles. The molecule has 0 spiro atoms. The van der Waals surface area contributed by atoms with Crippen molar-refractivity contribution in [2.24, 2.45) is 5.92 Å². The SMILES string of the molecule is O=C(O)CCC(CCC(=O)O)C(=O)O.[Ag].